The number of fused-ring (bicyclic) bond motifs is 1. The third kappa shape index (κ3) is 7.60. The van der Waals surface area contributed by atoms with Gasteiger partial charge in [-0.2, -0.15) is 18.2 Å². The molecule has 0 unspecified atom stereocenters. The molecule has 1 aliphatic heterocycles. The average molecular weight is 523 g/mol. The Morgan fingerprint density at radius 3 is 2.72 bits per heavy atom. The minimum atomic E-state index is -0.255. The summed E-state index contributed by atoms with van der Waals surface area (Å²) in [5.41, 5.74) is 3.89. The van der Waals surface area contributed by atoms with E-state index in [2.05, 4.69) is 37.4 Å². The summed E-state index contributed by atoms with van der Waals surface area (Å²) in [6.45, 7) is 4.61. The summed E-state index contributed by atoms with van der Waals surface area (Å²) in [5.74, 6) is -0.255. The number of pyridine rings is 1. The maximum absolute atomic E-state index is 13.2. The largest absolute Gasteiger partial charge is 2.00 e. The molecule has 0 spiro atoms. The molecule has 3 N–H and O–H groups in total. The van der Waals surface area contributed by atoms with E-state index in [0.29, 0.717) is 11.3 Å². The van der Waals surface area contributed by atoms with Gasteiger partial charge < -0.3 is 25.7 Å². The molecule has 5 rings (SSSR count). The zero-order chi connectivity index (χ0) is 24.3. The fourth-order valence-electron chi connectivity index (χ4n) is 3.94. The van der Waals surface area contributed by atoms with Crippen LogP contribution in [0.1, 0.15) is 18.4 Å². The molecule has 6 nitrogen and oxygen atoms in total. The molecule has 1 saturated heterocycles. The number of rotatable bonds is 7. The minimum Gasteiger partial charge on any atom is -0.383 e. The van der Waals surface area contributed by atoms with Gasteiger partial charge >= 0.3 is 17.1 Å². The van der Waals surface area contributed by atoms with Crippen LogP contribution in [-0.4, -0.2) is 52.2 Å². The number of nitrogens with two attached hydrogens (primary N) is 1. The van der Waals surface area contributed by atoms with Crippen LogP contribution in [0.5, 0.6) is 0 Å². The van der Waals surface area contributed by atoms with Crippen LogP contribution in [0, 0.1) is 23.5 Å². The Kier molecular flexibility index (Phi) is 10.9. The first kappa shape index (κ1) is 27.3. The van der Waals surface area contributed by atoms with Crippen LogP contribution in [0.25, 0.3) is 27.7 Å². The van der Waals surface area contributed by atoms with E-state index in [-0.39, 0.29) is 22.9 Å². The van der Waals surface area contributed by atoms with Crippen LogP contribution in [0.4, 0.5) is 4.39 Å². The second-order valence-corrected chi connectivity index (χ2v) is 8.18. The Morgan fingerprint density at radius 2 is 1.97 bits per heavy atom. The summed E-state index contributed by atoms with van der Waals surface area (Å²) in [6.07, 6.45) is 12.1. The van der Waals surface area contributed by atoms with E-state index >= 15 is 0 Å². The normalized spacial score (nSPS) is 13.5. The number of benzene rings is 2. The van der Waals surface area contributed by atoms with Gasteiger partial charge in [0.1, 0.15) is 12.0 Å². The molecule has 36 heavy (non-hydrogen) atoms. The first-order chi connectivity index (χ1) is 17.2. The fourth-order valence-corrected chi connectivity index (χ4v) is 3.94. The third-order valence-corrected chi connectivity index (χ3v) is 5.79. The van der Waals surface area contributed by atoms with Crippen LogP contribution in [0.3, 0.4) is 0 Å². The van der Waals surface area contributed by atoms with E-state index in [1.807, 2.05) is 24.4 Å². The van der Waals surface area contributed by atoms with E-state index in [0.717, 1.165) is 35.1 Å². The van der Waals surface area contributed by atoms with Crippen LogP contribution in [0.2, 0.25) is 0 Å². The molecule has 1 aliphatic rings. The number of aromatic nitrogens is 3. The molecule has 4 aromatic rings. The van der Waals surface area contributed by atoms with Crippen molar-refractivity contribution in [1.82, 2.24) is 19.9 Å². The van der Waals surface area contributed by atoms with Gasteiger partial charge in [0.15, 0.2) is 0 Å². The van der Waals surface area contributed by atoms with Crippen molar-refractivity contribution < 1.29 is 26.8 Å². The van der Waals surface area contributed by atoms with Gasteiger partial charge in [0.2, 0.25) is 0 Å². The number of hydrogen-bond donors (Lipinski definition) is 2. The van der Waals surface area contributed by atoms with Crippen LogP contribution in [0.15, 0.2) is 73.3 Å². The van der Waals surface area contributed by atoms with E-state index in [4.69, 9.17) is 5.41 Å². The predicted octanol–water partition coefficient (Wildman–Crippen LogP) is 3.77. The van der Waals surface area contributed by atoms with Crippen LogP contribution < -0.4 is 5.32 Å². The van der Waals surface area contributed by atoms with Gasteiger partial charge in [0.25, 0.3) is 0 Å². The minimum absolute atomic E-state index is 0. The first-order valence-corrected chi connectivity index (χ1v) is 11.7. The average Bonchev–Trinajstić information content (AvgIpc) is 3.43. The summed E-state index contributed by atoms with van der Waals surface area (Å²) >= 11 is 0. The monoisotopic (exact) mass is 522 g/mol. The van der Waals surface area contributed by atoms with Gasteiger partial charge in [-0.1, -0.05) is 36.5 Å². The third-order valence-electron chi connectivity index (χ3n) is 5.79. The van der Waals surface area contributed by atoms with Crippen molar-refractivity contribution in [1.29, 1.82) is 5.41 Å². The molecule has 2 aromatic carbocycles. The smallest absolute Gasteiger partial charge is 0.383 e. The number of likely N-dealkylation sites (tertiary alicyclic amines) is 1. The van der Waals surface area contributed by atoms with Gasteiger partial charge in [0, 0.05) is 19.1 Å². The van der Waals surface area contributed by atoms with Gasteiger partial charge in [-0.15, -0.1) is 11.5 Å². The molecular formula is C28H28FMnN6+. The number of halogens is 1. The molecule has 8 heteroatoms. The van der Waals surface area contributed by atoms with Crippen molar-refractivity contribution in [3.8, 4) is 11.3 Å². The number of nitrogens with one attached hydrogen (secondary N) is 1. The SMILES string of the molecule is Fc1ccccc1-c1c[c-]ccn1.N=C/C(=C\[NH2+]CCN1CCCC1)c1ccc2[c-]ncnc2c1.[Mn+2]. The summed E-state index contributed by atoms with van der Waals surface area (Å²) in [5, 5.41) is 10.7. The molecule has 183 valence electrons. The molecule has 0 bridgehead atoms. The molecule has 0 aliphatic carbocycles. The molecule has 1 radical (unpaired) electrons. The molecular weight excluding hydrogens is 494 g/mol. The molecule has 0 saturated carbocycles. The zero-order valence-electron chi connectivity index (χ0n) is 19.9. The van der Waals surface area contributed by atoms with Gasteiger partial charge in [-0.05, 0) is 60.5 Å². The summed E-state index contributed by atoms with van der Waals surface area (Å²) in [4.78, 5) is 14.7. The van der Waals surface area contributed by atoms with Gasteiger partial charge in [0.05, 0.1) is 12.1 Å². The Hall–Kier alpha value is -3.29. The molecule has 3 heterocycles. The van der Waals surface area contributed by atoms with Crippen LogP contribution >= 0.6 is 0 Å². The van der Waals surface area contributed by atoms with Crippen molar-refractivity contribution in [2.75, 3.05) is 26.2 Å². The van der Waals surface area contributed by atoms with Gasteiger partial charge in [-0.3, -0.25) is 4.90 Å². The first-order valence-electron chi connectivity index (χ1n) is 11.7. The van der Waals surface area contributed by atoms with Gasteiger partial charge in [-0.25, -0.2) is 4.39 Å². The predicted molar refractivity (Wildman–Crippen MR) is 136 cm³/mol. The standard InChI is InChI=1S/C17H20N5.C11H7FN.Mn/c18-10-16(12-19-5-8-22-6-1-2-7-22)14-3-4-15-11-20-13-21-17(15)9-14;12-10-6-2-1-5-9(10)11-7-3-4-8-13-11;/h3-4,9-10,12-13,18-19H,1-2,5-8H2;1-2,4-8H;/q2*-1;+2/p+1/b16-12+,18-10?;;. The second-order valence-electron chi connectivity index (χ2n) is 8.18. The van der Waals surface area contributed by atoms with E-state index in [1.165, 1.54) is 44.5 Å². The quantitative estimate of drug-likeness (QED) is 0.168. The maximum Gasteiger partial charge on any atom is 2.00 e. The Labute approximate surface area is 221 Å². The van der Waals surface area contributed by atoms with Crippen molar-refractivity contribution in [2.24, 2.45) is 0 Å². The Morgan fingerprint density at radius 1 is 1.14 bits per heavy atom. The van der Waals surface area contributed by atoms with Crippen molar-refractivity contribution >= 4 is 22.7 Å². The van der Waals surface area contributed by atoms with Crippen molar-refractivity contribution in [2.45, 2.75) is 12.8 Å². The van der Waals surface area contributed by atoms with E-state index < -0.39 is 0 Å². The number of allylic oxidation sites excluding steroid dienone is 1. The second kappa shape index (κ2) is 14.3. The molecule has 2 aromatic heterocycles. The summed E-state index contributed by atoms with van der Waals surface area (Å²) in [6, 6.07) is 18.7. The Bertz CT molecular complexity index is 1280. The zero-order valence-corrected chi connectivity index (χ0v) is 21.1. The molecule has 1 fully saturated rings. The number of nitrogens with zero attached hydrogens (tertiary/aromatic N) is 4. The van der Waals surface area contributed by atoms with E-state index in [1.54, 1.807) is 36.5 Å². The summed E-state index contributed by atoms with van der Waals surface area (Å²) in [7, 11) is 0. The number of hydrogen-bond acceptors (Lipinski definition) is 5. The van der Waals surface area contributed by atoms with Crippen molar-refractivity contribution in [3.05, 3.63) is 97.0 Å². The summed E-state index contributed by atoms with van der Waals surface area (Å²) < 4.78 is 13.2. The molecule has 0 amide bonds. The Balaban J connectivity index is 0.000000221. The van der Waals surface area contributed by atoms with E-state index in [9.17, 15) is 4.39 Å². The maximum atomic E-state index is 13.2. The fraction of sp³-hybridized carbons (Fsp3) is 0.214. The van der Waals surface area contributed by atoms with Crippen LogP contribution in [-0.2, 0) is 17.1 Å². The topological polar surface area (TPSA) is 82.4 Å². The van der Waals surface area contributed by atoms with Crippen molar-refractivity contribution in [3.63, 3.8) is 0 Å². The molecule has 0 atom stereocenters. The number of quaternary nitrogens is 1.